The van der Waals surface area contributed by atoms with Gasteiger partial charge in [0.15, 0.2) is 5.82 Å². The summed E-state index contributed by atoms with van der Waals surface area (Å²) in [6.07, 6.45) is 5.12. The number of benzene rings is 1. The minimum atomic E-state index is -0.283. The Morgan fingerprint density at radius 3 is 2.90 bits per heavy atom. The number of nitrogens with one attached hydrogen (secondary N) is 2. The van der Waals surface area contributed by atoms with Crippen molar-refractivity contribution in [2.75, 3.05) is 5.32 Å². The molecule has 0 saturated heterocycles. The minimum absolute atomic E-state index is 0.0169. The number of hydrogen-bond donors (Lipinski definition) is 2. The lowest BCUT2D eigenvalue weighted by molar-refractivity contribution is 0.102. The van der Waals surface area contributed by atoms with Crippen LogP contribution in [0.1, 0.15) is 41.9 Å². The van der Waals surface area contributed by atoms with E-state index in [2.05, 4.69) is 15.5 Å². The van der Waals surface area contributed by atoms with Crippen molar-refractivity contribution in [1.82, 2.24) is 19.7 Å². The zero-order valence-electron chi connectivity index (χ0n) is 16.4. The Bertz CT molecular complexity index is 1270. The number of aryl methyl sites for hydroxylation is 1. The Morgan fingerprint density at radius 2 is 2.03 bits per heavy atom. The van der Waals surface area contributed by atoms with Gasteiger partial charge < -0.3 is 5.32 Å². The molecular weight excluding hydrogens is 398 g/mol. The van der Waals surface area contributed by atoms with Crippen LogP contribution in [0, 0.1) is 0 Å². The van der Waals surface area contributed by atoms with Gasteiger partial charge in [0.2, 0.25) is 0 Å². The first kappa shape index (κ1) is 18.7. The van der Waals surface area contributed by atoms with Gasteiger partial charge in [0.05, 0.1) is 21.5 Å². The molecule has 152 valence electrons. The fourth-order valence-electron chi connectivity index (χ4n) is 3.87. The number of H-pyrrole nitrogens is 1. The second kappa shape index (κ2) is 7.87. The highest BCUT2D eigenvalue weighted by Crippen LogP contribution is 2.24. The maximum absolute atomic E-state index is 12.9. The lowest BCUT2D eigenvalue weighted by atomic mass is 10.1. The van der Waals surface area contributed by atoms with Crippen LogP contribution in [-0.2, 0) is 13.0 Å². The first-order valence-electron chi connectivity index (χ1n) is 10.1. The molecule has 0 fully saturated rings. The lowest BCUT2D eigenvalue weighted by Gasteiger charge is -2.16. The van der Waals surface area contributed by atoms with Gasteiger partial charge in [-0.2, -0.15) is 5.10 Å². The van der Waals surface area contributed by atoms with Crippen LogP contribution < -0.4 is 10.9 Å². The summed E-state index contributed by atoms with van der Waals surface area (Å²) in [5.41, 5.74) is 1.86. The number of aromatic amines is 1. The summed E-state index contributed by atoms with van der Waals surface area (Å²) in [4.78, 5) is 31.5. The second-order valence-electron chi connectivity index (χ2n) is 7.48. The molecule has 30 heavy (non-hydrogen) atoms. The number of carbonyl (C=O) groups excluding carboxylic acids is 1. The van der Waals surface area contributed by atoms with Crippen LogP contribution in [0.3, 0.4) is 0 Å². The van der Waals surface area contributed by atoms with Gasteiger partial charge in [-0.1, -0.05) is 18.9 Å². The average Bonchev–Trinajstić information content (AvgIpc) is 3.41. The SMILES string of the molecule is O=C(Nc1cc(-c2cccs2)[nH]n1)c1ccc2c(=O)n3c(nc2c1)CCCCCC3. The third-order valence-electron chi connectivity index (χ3n) is 5.43. The molecule has 7 nitrogen and oxygen atoms in total. The smallest absolute Gasteiger partial charge is 0.261 e. The average molecular weight is 420 g/mol. The zero-order chi connectivity index (χ0) is 20.5. The molecule has 1 amide bonds. The molecule has 0 spiro atoms. The maximum atomic E-state index is 12.9. The van der Waals surface area contributed by atoms with E-state index in [9.17, 15) is 9.59 Å². The highest BCUT2D eigenvalue weighted by Gasteiger charge is 2.16. The standard InChI is InChI=1S/C22H21N5O2S/c28-21(24-19-13-17(25-26-19)18-6-5-11-30-18)14-8-9-15-16(12-14)23-20-7-3-1-2-4-10-27(20)22(15)29/h5-6,8-9,11-13H,1-4,7,10H2,(H2,24,25,26,28). The molecule has 3 aromatic heterocycles. The van der Waals surface area contributed by atoms with Crippen molar-refractivity contribution in [3.63, 3.8) is 0 Å². The molecule has 8 heteroatoms. The van der Waals surface area contributed by atoms with Gasteiger partial charge in [0.25, 0.3) is 11.5 Å². The molecule has 0 atom stereocenters. The van der Waals surface area contributed by atoms with Gasteiger partial charge in [-0.15, -0.1) is 11.3 Å². The van der Waals surface area contributed by atoms with E-state index in [4.69, 9.17) is 4.98 Å². The topological polar surface area (TPSA) is 92.7 Å². The van der Waals surface area contributed by atoms with Gasteiger partial charge in [-0.3, -0.25) is 19.3 Å². The number of fused-ring (bicyclic) bond motifs is 2. The molecule has 0 aliphatic carbocycles. The molecule has 0 saturated carbocycles. The number of hydrogen-bond acceptors (Lipinski definition) is 5. The minimum Gasteiger partial charge on any atom is -0.305 e. The maximum Gasteiger partial charge on any atom is 0.261 e. The predicted octanol–water partition coefficient (Wildman–Crippen LogP) is 4.22. The third kappa shape index (κ3) is 3.54. The van der Waals surface area contributed by atoms with E-state index in [0.717, 1.165) is 48.5 Å². The molecular formula is C22H21N5O2S. The Balaban J connectivity index is 1.43. The van der Waals surface area contributed by atoms with E-state index in [0.29, 0.717) is 28.8 Å². The number of aromatic nitrogens is 4. The van der Waals surface area contributed by atoms with E-state index < -0.39 is 0 Å². The molecule has 0 unspecified atom stereocenters. The Kier molecular flexibility index (Phi) is 4.92. The summed E-state index contributed by atoms with van der Waals surface area (Å²) in [5, 5.41) is 12.5. The van der Waals surface area contributed by atoms with Crippen LogP contribution in [0.2, 0.25) is 0 Å². The first-order valence-corrected chi connectivity index (χ1v) is 11.0. The van der Waals surface area contributed by atoms with Crippen LogP contribution >= 0.6 is 11.3 Å². The number of amides is 1. The number of rotatable bonds is 3. The summed E-state index contributed by atoms with van der Waals surface area (Å²) in [6, 6.07) is 10.8. The lowest BCUT2D eigenvalue weighted by Crippen LogP contribution is -2.26. The van der Waals surface area contributed by atoms with Gasteiger partial charge in [0.1, 0.15) is 5.82 Å². The van der Waals surface area contributed by atoms with Gasteiger partial charge >= 0.3 is 0 Å². The van der Waals surface area contributed by atoms with E-state index >= 15 is 0 Å². The highest BCUT2D eigenvalue weighted by atomic mass is 32.1. The zero-order valence-corrected chi connectivity index (χ0v) is 17.2. The summed E-state index contributed by atoms with van der Waals surface area (Å²) < 4.78 is 1.80. The summed E-state index contributed by atoms with van der Waals surface area (Å²) in [5.74, 6) is 0.988. The van der Waals surface area contributed by atoms with Crippen molar-refractivity contribution in [2.45, 2.75) is 38.6 Å². The third-order valence-corrected chi connectivity index (χ3v) is 6.34. The quantitative estimate of drug-likeness (QED) is 0.520. The molecule has 1 aliphatic heterocycles. The van der Waals surface area contributed by atoms with E-state index in [-0.39, 0.29) is 11.5 Å². The van der Waals surface area contributed by atoms with Crippen LogP contribution in [0.4, 0.5) is 5.82 Å². The fraction of sp³-hybridized carbons (Fsp3) is 0.273. The van der Waals surface area contributed by atoms with E-state index in [1.165, 1.54) is 0 Å². The van der Waals surface area contributed by atoms with Crippen molar-refractivity contribution in [2.24, 2.45) is 0 Å². The predicted molar refractivity (Wildman–Crippen MR) is 118 cm³/mol. The van der Waals surface area contributed by atoms with Crippen molar-refractivity contribution in [3.8, 4) is 10.6 Å². The van der Waals surface area contributed by atoms with Crippen LogP contribution in [-0.4, -0.2) is 25.7 Å². The molecule has 0 radical (unpaired) electrons. The van der Waals surface area contributed by atoms with Crippen molar-refractivity contribution in [3.05, 3.63) is 63.5 Å². The Labute approximate surface area is 176 Å². The molecule has 4 aromatic rings. The number of nitrogens with zero attached hydrogens (tertiary/aromatic N) is 3. The molecule has 5 rings (SSSR count). The molecule has 0 bridgehead atoms. The van der Waals surface area contributed by atoms with Crippen LogP contribution in [0.5, 0.6) is 0 Å². The fourth-order valence-corrected chi connectivity index (χ4v) is 4.56. The van der Waals surface area contributed by atoms with Gasteiger partial charge in [0, 0.05) is 24.6 Å². The van der Waals surface area contributed by atoms with Gasteiger partial charge in [-0.25, -0.2) is 4.98 Å². The highest BCUT2D eigenvalue weighted by molar-refractivity contribution is 7.13. The van der Waals surface area contributed by atoms with E-state index in [1.54, 1.807) is 40.2 Å². The summed E-state index contributed by atoms with van der Waals surface area (Å²) in [6.45, 7) is 0.713. The monoisotopic (exact) mass is 419 g/mol. The van der Waals surface area contributed by atoms with Crippen molar-refractivity contribution < 1.29 is 4.79 Å². The Morgan fingerprint density at radius 1 is 1.13 bits per heavy atom. The van der Waals surface area contributed by atoms with E-state index in [1.807, 2.05) is 17.5 Å². The molecule has 2 N–H and O–H groups in total. The van der Waals surface area contributed by atoms with Gasteiger partial charge in [-0.05, 0) is 42.5 Å². The largest absolute Gasteiger partial charge is 0.305 e. The number of anilines is 1. The Hall–Kier alpha value is -3.26. The van der Waals surface area contributed by atoms with Crippen molar-refractivity contribution in [1.29, 1.82) is 0 Å². The number of carbonyl (C=O) groups is 1. The first-order chi connectivity index (χ1) is 14.7. The molecule has 1 aromatic carbocycles. The molecule has 1 aliphatic rings. The normalized spacial score (nSPS) is 14.1. The van der Waals surface area contributed by atoms with Crippen LogP contribution in [0.15, 0.2) is 46.6 Å². The van der Waals surface area contributed by atoms with Crippen molar-refractivity contribution >= 4 is 34.0 Å². The number of thiophene rings is 1. The second-order valence-corrected chi connectivity index (χ2v) is 8.43. The summed E-state index contributed by atoms with van der Waals surface area (Å²) >= 11 is 1.60. The van der Waals surface area contributed by atoms with Crippen LogP contribution in [0.25, 0.3) is 21.5 Å². The molecule has 4 heterocycles. The summed E-state index contributed by atoms with van der Waals surface area (Å²) in [7, 11) is 0.